The Morgan fingerprint density at radius 1 is 0.889 bits per heavy atom. The number of carbonyl (C=O) groups is 1. The molecule has 3 aromatic carbocycles. The predicted octanol–water partition coefficient (Wildman–Crippen LogP) is 5.33. The topological polar surface area (TPSA) is 101 Å². The van der Waals surface area contributed by atoms with Crippen molar-refractivity contribution in [1.29, 1.82) is 0 Å². The second-order valence-electron chi connectivity index (χ2n) is 8.54. The highest BCUT2D eigenvalue weighted by atomic mass is 32.2. The van der Waals surface area contributed by atoms with Gasteiger partial charge in [0, 0.05) is 30.9 Å². The average molecular weight is 501 g/mol. The molecule has 8 heteroatoms. The number of rotatable bonds is 11. The number of benzene rings is 3. The van der Waals surface area contributed by atoms with Gasteiger partial charge in [-0.25, -0.2) is 23.1 Å². The number of ketones is 1. The van der Waals surface area contributed by atoms with Crippen LogP contribution in [0, 0.1) is 6.92 Å². The summed E-state index contributed by atoms with van der Waals surface area (Å²) in [5.74, 6) is 0.164. The summed E-state index contributed by atoms with van der Waals surface area (Å²) in [6.07, 6.45) is 4.40. The SMILES string of the molecule is Cc1cccc(C(CC(=O)CCc2ccccc2)Nc2ccc(S(=O)(=O)Nc3ncccn3)cc2)c1. The fraction of sp³-hybridized carbons (Fsp3) is 0.179. The van der Waals surface area contributed by atoms with Crippen LogP contribution in [-0.2, 0) is 21.2 Å². The van der Waals surface area contributed by atoms with Gasteiger partial charge in [-0.3, -0.25) is 4.79 Å². The van der Waals surface area contributed by atoms with Gasteiger partial charge in [0.25, 0.3) is 10.0 Å². The zero-order valence-corrected chi connectivity index (χ0v) is 20.8. The summed E-state index contributed by atoms with van der Waals surface area (Å²) >= 11 is 0. The van der Waals surface area contributed by atoms with Crippen LogP contribution < -0.4 is 10.0 Å². The van der Waals surface area contributed by atoms with Gasteiger partial charge in [0.1, 0.15) is 5.78 Å². The number of aryl methyl sites for hydroxylation is 2. The molecule has 0 radical (unpaired) electrons. The summed E-state index contributed by atoms with van der Waals surface area (Å²) in [5.41, 5.74) is 3.96. The first-order valence-corrected chi connectivity index (χ1v) is 13.2. The average Bonchev–Trinajstić information content (AvgIpc) is 2.88. The van der Waals surface area contributed by atoms with Gasteiger partial charge >= 0.3 is 0 Å². The lowest BCUT2D eigenvalue weighted by atomic mass is 9.96. The van der Waals surface area contributed by atoms with Gasteiger partial charge in [-0.1, -0.05) is 60.2 Å². The van der Waals surface area contributed by atoms with Gasteiger partial charge in [0.15, 0.2) is 0 Å². The molecule has 4 rings (SSSR count). The van der Waals surface area contributed by atoms with Crippen LogP contribution in [0.15, 0.2) is 102 Å². The van der Waals surface area contributed by atoms with Crippen molar-refractivity contribution in [3.05, 3.63) is 114 Å². The Bertz CT molecular complexity index is 1390. The van der Waals surface area contributed by atoms with E-state index in [1.54, 1.807) is 18.2 Å². The lowest BCUT2D eigenvalue weighted by molar-refractivity contribution is -0.119. The Labute approximate surface area is 211 Å². The minimum Gasteiger partial charge on any atom is -0.378 e. The number of anilines is 2. The lowest BCUT2D eigenvalue weighted by Crippen LogP contribution is -2.17. The quantitative estimate of drug-likeness (QED) is 0.289. The first-order chi connectivity index (χ1) is 17.4. The van der Waals surface area contributed by atoms with Crippen molar-refractivity contribution in [3.8, 4) is 0 Å². The summed E-state index contributed by atoms with van der Waals surface area (Å²) in [6, 6.07) is 25.8. The summed E-state index contributed by atoms with van der Waals surface area (Å²) < 4.78 is 27.7. The van der Waals surface area contributed by atoms with Crippen LogP contribution in [0.25, 0.3) is 0 Å². The third-order valence-electron chi connectivity index (χ3n) is 5.71. The Balaban J connectivity index is 1.47. The lowest BCUT2D eigenvalue weighted by Gasteiger charge is -2.21. The van der Waals surface area contributed by atoms with E-state index in [0.717, 1.165) is 16.7 Å². The van der Waals surface area contributed by atoms with E-state index in [9.17, 15) is 13.2 Å². The second kappa shape index (κ2) is 11.6. The Morgan fingerprint density at radius 2 is 1.61 bits per heavy atom. The van der Waals surface area contributed by atoms with Crippen molar-refractivity contribution in [3.63, 3.8) is 0 Å². The zero-order chi connectivity index (χ0) is 25.4. The maximum Gasteiger partial charge on any atom is 0.264 e. The van der Waals surface area contributed by atoms with E-state index in [1.807, 2.05) is 55.5 Å². The van der Waals surface area contributed by atoms with Crippen molar-refractivity contribution in [2.45, 2.75) is 37.1 Å². The number of sulfonamides is 1. The van der Waals surface area contributed by atoms with E-state index in [0.29, 0.717) is 24.9 Å². The van der Waals surface area contributed by atoms with E-state index in [-0.39, 0.29) is 22.7 Å². The molecule has 0 aliphatic heterocycles. The van der Waals surface area contributed by atoms with Crippen LogP contribution in [-0.4, -0.2) is 24.2 Å². The van der Waals surface area contributed by atoms with E-state index < -0.39 is 10.0 Å². The van der Waals surface area contributed by atoms with Crippen LogP contribution in [0.5, 0.6) is 0 Å². The van der Waals surface area contributed by atoms with E-state index in [4.69, 9.17) is 0 Å². The Hall–Kier alpha value is -4.04. The third-order valence-corrected chi connectivity index (χ3v) is 7.05. The third kappa shape index (κ3) is 6.99. The molecule has 1 unspecified atom stereocenters. The standard InChI is InChI=1S/C28H28N4O3S/c1-21-7-5-10-23(19-21)27(20-25(33)14-11-22-8-3-2-4-9-22)31-24-12-15-26(16-13-24)36(34,35)32-28-29-17-6-18-30-28/h2-10,12-13,15-19,27,31H,11,14,20H2,1H3,(H,29,30,32). The molecule has 0 saturated heterocycles. The van der Waals surface area contributed by atoms with Gasteiger partial charge in [0.2, 0.25) is 5.95 Å². The molecular weight excluding hydrogens is 472 g/mol. The number of aromatic nitrogens is 2. The molecule has 2 N–H and O–H groups in total. The first kappa shape index (κ1) is 25.1. The molecular formula is C28H28N4O3S. The molecule has 0 bridgehead atoms. The zero-order valence-electron chi connectivity index (χ0n) is 20.0. The number of nitrogens with zero attached hydrogens (tertiary/aromatic N) is 2. The predicted molar refractivity (Wildman–Crippen MR) is 141 cm³/mol. The van der Waals surface area contributed by atoms with Crippen molar-refractivity contribution >= 4 is 27.4 Å². The number of carbonyl (C=O) groups excluding carboxylic acids is 1. The highest BCUT2D eigenvalue weighted by molar-refractivity contribution is 7.92. The van der Waals surface area contributed by atoms with Gasteiger partial charge in [-0.05, 0) is 54.8 Å². The number of hydrogen-bond donors (Lipinski definition) is 2. The molecule has 7 nitrogen and oxygen atoms in total. The number of nitrogens with one attached hydrogen (secondary N) is 2. The monoisotopic (exact) mass is 500 g/mol. The summed E-state index contributed by atoms with van der Waals surface area (Å²) in [4.78, 5) is 20.8. The van der Waals surface area contributed by atoms with Gasteiger partial charge in [-0.2, -0.15) is 0 Å². The smallest absolute Gasteiger partial charge is 0.264 e. The second-order valence-corrected chi connectivity index (χ2v) is 10.2. The van der Waals surface area contributed by atoms with E-state index >= 15 is 0 Å². The summed E-state index contributed by atoms with van der Waals surface area (Å²) in [5, 5.41) is 3.42. The van der Waals surface area contributed by atoms with E-state index in [1.165, 1.54) is 24.5 Å². The summed E-state index contributed by atoms with van der Waals surface area (Å²) in [7, 11) is -3.83. The molecule has 1 heterocycles. The molecule has 0 fully saturated rings. The molecule has 0 spiro atoms. The Kier molecular flexibility index (Phi) is 8.07. The van der Waals surface area contributed by atoms with E-state index in [2.05, 4.69) is 26.1 Å². The van der Waals surface area contributed by atoms with Crippen LogP contribution in [0.2, 0.25) is 0 Å². The normalized spacial score (nSPS) is 12.0. The largest absolute Gasteiger partial charge is 0.378 e. The molecule has 36 heavy (non-hydrogen) atoms. The number of Topliss-reactive ketones (excluding diaryl/α,β-unsaturated/α-hetero) is 1. The van der Waals surface area contributed by atoms with Crippen LogP contribution >= 0.6 is 0 Å². The molecule has 1 atom stereocenters. The fourth-order valence-corrected chi connectivity index (χ4v) is 4.82. The molecule has 0 saturated carbocycles. The molecule has 1 aromatic heterocycles. The highest BCUT2D eigenvalue weighted by Gasteiger charge is 2.18. The highest BCUT2D eigenvalue weighted by Crippen LogP contribution is 2.26. The minimum atomic E-state index is -3.83. The Morgan fingerprint density at radius 3 is 2.31 bits per heavy atom. The molecule has 4 aromatic rings. The van der Waals surface area contributed by atoms with Gasteiger partial charge in [0.05, 0.1) is 10.9 Å². The molecule has 184 valence electrons. The van der Waals surface area contributed by atoms with Crippen molar-refractivity contribution < 1.29 is 13.2 Å². The van der Waals surface area contributed by atoms with Crippen LogP contribution in [0.4, 0.5) is 11.6 Å². The van der Waals surface area contributed by atoms with Crippen molar-refractivity contribution in [2.75, 3.05) is 10.0 Å². The molecule has 0 amide bonds. The maximum absolute atomic E-state index is 12.9. The minimum absolute atomic E-state index is 0.00762. The maximum atomic E-state index is 12.9. The fourth-order valence-electron chi connectivity index (χ4n) is 3.86. The summed E-state index contributed by atoms with van der Waals surface area (Å²) in [6.45, 7) is 2.01. The molecule has 0 aliphatic carbocycles. The molecule has 0 aliphatic rings. The van der Waals surface area contributed by atoms with Crippen LogP contribution in [0.1, 0.15) is 35.6 Å². The van der Waals surface area contributed by atoms with Crippen molar-refractivity contribution in [1.82, 2.24) is 9.97 Å². The van der Waals surface area contributed by atoms with Crippen LogP contribution in [0.3, 0.4) is 0 Å². The number of hydrogen-bond acceptors (Lipinski definition) is 6. The first-order valence-electron chi connectivity index (χ1n) is 11.7. The van der Waals surface area contributed by atoms with Crippen molar-refractivity contribution in [2.24, 2.45) is 0 Å². The van der Waals surface area contributed by atoms with Gasteiger partial charge in [-0.15, -0.1) is 0 Å². The van der Waals surface area contributed by atoms with Gasteiger partial charge < -0.3 is 5.32 Å².